The highest BCUT2D eigenvalue weighted by molar-refractivity contribution is 7.80. The first-order valence-corrected chi connectivity index (χ1v) is 13.2. The van der Waals surface area contributed by atoms with Crippen molar-refractivity contribution >= 4 is 10.4 Å². The van der Waals surface area contributed by atoms with Gasteiger partial charge < -0.3 is 4.55 Å². The molecule has 1 aromatic heterocycles. The first kappa shape index (κ1) is 22.2. The summed E-state index contributed by atoms with van der Waals surface area (Å²) in [5.74, 6) is 5.01. The molecule has 168 valence electrons. The second-order valence-electron chi connectivity index (χ2n) is 10.5. The Balaban J connectivity index is 0.000000313. The van der Waals surface area contributed by atoms with Crippen molar-refractivity contribution in [3.63, 3.8) is 0 Å². The summed E-state index contributed by atoms with van der Waals surface area (Å²) >= 11 is 0. The third-order valence-corrected chi connectivity index (χ3v) is 9.66. The average Bonchev–Trinajstić information content (AvgIpc) is 3.10. The van der Waals surface area contributed by atoms with Crippen LogP contribution < -0.4 is 4.98 Å². The summed E-state index contributed by atoms with van der Waals surface area (Å²) in [6.07, 6.45) is 13.9. The van der Waals surface area contributed by atoms with Crippen LogP contribution in [0.4, 0.5) is 0 Å². The molecular formula is C24H37NO4S. The molecule has 0 bridgehead atoms. The molecule has 0 radical (unpaired) electrons. The molecule has 30 heavy (non-hydrogen) atoms. The van der Waals surface area contributed by atoms with E-state index in [0.29, 0.717) is 11.3 Å². The van der Waals surface area contributed by atoms with E-state index in [9.17, 15) is 13.0 Å². The standard InChI is InChI=1S/C19H32O4S.C5H5N/c1-12-3-5-16-15(12)7-8-18-17(16)6-4-13-11-14(23-24(20,21)22)9-10-19(13,18)2;1-2-4-6-5-3-1/h12-18H,3-11H2,1-2H3,(H,20,21,22);1-5H/t12-,13-,14-,15-,16-,17+,18+,19+;/m1./s1. The van der Waals surface area contributed by atoms with E-state index in [1.807, 2.05) is 30.6 Å². The molecule has 0 spiro atoms. The van der Waals surface area contributed by atoms with E-state index in [4.69, 9.17) is 4.18 Å². The number of aromatic nitrogens is 1. The molecule has 0 amide bonds. The monoisotopic (exact) mass is 435 g/mol. The van der Waals surface area contributed by atoms with E-state index < -0.39 is 10.4 Å². The van der Waals surface area contributed by atoms with Crippen molar-refractivity contribution in [3.8, 4) is 0 Å². The van der Waals surface area contributed by atoms with Crippen molar-refractivity contribution in [1.82, 2.24) is 0 Å². The summed E-state index contributed by atoms with van der Waals surface area (Å²) in [5.41, 5.74) is 0.326. The van der Waals surface area contributed by atoms with Gasteiger partial charge in [0.1, 0.15) is 0 Å². The molecule has 6 heteroatoms. The molecule has 8 atom stereocenters. The second kappa shape index (κ2) is 8.87. The largest absolute Gasteiger partial charge is 0.726 e. The highest BCUT2D eigenvalue weighted by Gasteiger charge is 2.56. The van der Waals surface area contributed by atoms with E-state index in [-0.39, 0.29) is 6.10 Å². The third kappa shape index (κ3) is 4.61. The Bertz CT molecular complexity index is 774. The second-order valence-corrected chi connectivity index (χ2v) is 11.5. The van der Waals surface area contributed by atoms with Gasteiger partial charge in [-0.3, -0.25) is 4.18 Å². The number of pyridine rings is 1. The van der Waals surface area contributed by atoms with Crippen molar-refractivity contribution in [2.45, 2.75) is 77.7 Å². The molecule has 0 aliphatic heterocycles. The number of nitrogens with one attached hydrogen (secondary N) is 1. The summed E-state index contributed by atoms with van der Waals surface area (Å²) in [5, 5.41) is 0. The first-order chi connectivity index (χ1) is 14.3. The summed E-state index contributed by atoms with van der Waals surface area (Å²) < 4.78 is 37.6. The molecular weight excluding hydrogens is 398 g/mol. The van der Waals surface area contributed by atoms with Gasteiger partial charge in [-0.25, -0.2) is 13.4 Å². The molecule has 5 rings (SSSR count). The van der Waals surface area contributed by atoms with Gasteiger partial charge in [0.2, 0.25) is 10.4 Å². The summed E-state index contributed by atoms with van der Waals surface area (Å²) in [6.45, 7) is 4.90. The van der Waals surface area contributed by atoms with E-state index in [0.717, 1.165) is 48.9 Å². The van der Waals surface area contributed by atoms with Crippen LogP contribution in [-0.4, -0.2) is 19.1 Å². The zero-order valence-corrected chi connectivity index (χ0v) is 19.1. The van der Waals surface area contributed by atoms with Gasteiger partial charge in [-0.15, -0.1) is 0 Å². The van der Waals surface area contributed by atoms with Crippen molar-refractivity contribution in [2.24, 2.45) is 40.9 Å². The molecule has 0 unspecified atom stereocenters. The maximum Gasteiger partial charge on any atom is 0.217 e. The summed E-state index contributed by atoms with van der Waals surface area (Å²) in [6, 6.07) is 5.86. The Morgan fingerprint density at radius 1 is 0.933 bits per heavy atom. The van der Waals surface area contributed by atoms with E-state index >= 15 is 0 Å². The lowest BCUT2D eigenvalue weighted by atomic mass is 9.47. The fourth-order valence-corrected chi connectivity index (χ4v) is 8.27. The lowest BCUT2D eigenvalue weighted by Crippen LogP contribution is -2.52. The van der Waals surface area contributed by atoms with Crippen LogP contribution in [0, 0.1) is 40.9 Å². The Morgan fingerprint density at radius 2 is 1.63 bits per heavy atom. The van der Waals surface area contributed by atoms with Crippen LogP contribution in [0.3, 0.4) is 0 Å². The van der Waals surface area contributed by atoms with Gasteiger partial charge in [0.05, 0.1) is 6.10 Å². The molecule has 4 fully saturated rings. The zero-order valence-electron chi connectivity index (χ0n) is 18.3. The van der Waals surface area contributed by atoms with Gasteiger partial charge in [-0.05, 0) is 92.3 Å². The highest BCUT2D eigenvalue weighted by atomic mass is 32.3. The number of hydrogen-bond acceptors (Lipinski definition) is 4. The van der Waals surface area contributed by atoms with Crippen molar-refractivity contribution in [1.29, 1.82) is 0 Å². The molecule has 0 saturated heterocycles. The van der Waals surface area contributed by atoms with Gasteiger partial charge in [0.15, 0.2) is 12.4 Å². The predicted octanol–water partition coefficient (Wildman–Crippen LogP) is 4.62. The van der Waals surface area contributed by atoms with Gasteiger partial charge in [-0.1, -0.05) is 26.3 Å². The van der Waals surface area contributed by atoms with Crippen LogP contribution in [0.2, 0.25) is 0 Å². The van der Waals surface area contributed by atoms with Gasteiger partial charge in [0.25, 0.3) is 0 Å². The summed E-state index contributed by atoms with van der Waals surface area (Å²) in [7, 11) is -4.57. The summed E-state index contributed by atoms with van der Waals surface area (Å²) in [4.78, 5) is 2.89. The van der Waals surface area contributed by atoms with Crippen LogP contribution in [0.25, 0.3) is 0 Å². The number of rotatable bonds is 2. The zero-order chi connectivity index (χ0) is 21.4. The molecule has 0 aromatic carbocycles. The van der Waals surface area contributed by atoms with Crippen LogP contribution in [0.1, 0.15) is 71.6 Å². The van der Waals surface area contributed by atoms with Crippen LogP contribution in [0.5, 0.6) is 0 Å². The number of H-pyrrole nitrogens is 1. The molecule has 4 aliphatic carbocycles. The van der Waals surface area contributed by atoms with E-state index in [1.54, 1.807) is 0 Å². The lowest BCUT2D eigenvalue weighted by molar-refractivity contribution is -0.377. The van der Waals surface area contributed by atoms with Crippen molar-refractivity contribution in [3.05, 3.63) is 30.6 Å². The maximum atomic E-state index is 10.9. The Hall–Kier alpha value is -0.980. The molecule has 1 N–H and O–H groups in total. The fraction of sp³-hybridized carbons (Fsp3) is 0.792. The van der Waals surface area contributed by atoms with Crippen LogP contribution in [0.15, 0.2) is 30.6 Å². The normalized spacial score (nSPS) is 42.8. The molecule has 5 nitrogen and oxygen atoms in total. The minimum Gasteiger partial charge on any atom is -0.726 e. The van der Waals surface area contributed by atoms with Gasteiger partial charge in [0, 0.05) is 12.1 Å². The average molecular weight is 436 g/mol. The van der Waals surface area contributed by atoms with Crippen LogP contribution in [-0.2, 0) is 14.6 Å². The van der Waals surface area contributed by atoms with Gasteiger partial charge in [-0.2, -0.15) is 0 Å². The lowest BCUT2D eigenvalue weighted by Gasteiger charge is -2.59. The molecule has 4 saturated carbocycles. The van der Waals surface area contributed by atoms with Crippen LogP contribution >= 0.6 is 0 Å². The highest BCUT2D eigenvalue weighted by Crippen LogP contribution is 2.63. The van der Waals surface area contributed by atoms with E-state index in [1.165, 1.54) is 38.5 Å². The number of aromatic amines is 1. The van der Waals surface area contributed by atoms with Crippen molar-refractivity contribution in [2.75, 3.05) is 0 Å². The van der Waals surface area contributed by atoms with Crippen molar-refractivity contribution < 1.29 is 22.1 Å². The molecule has 4 aliphatic rings. The van der Waals surface area contributed by atoms with Gasteiger partial charge >= 0.3 is 0 Å². The first-order valence-electron chi connectivity index (χ1n) is 11.8. The minimum atomic E-state index is -4.57. The fourth-order valence-electron chi connectivity index (χ4n) is 7.76. The predicted molar refractivity (Wildman–Crippen MR) is 114 cm³/mol. The maximum absolute atomic E-state index is 10.9. The third-order valence-electron chi connectivity index (χ3n) is 9.16. The smallest absolute Gasteiger partial charge is 0.217 e. The Kier molecular flexibility index (Phi) is 6.57. The Morgan fingerprint density at radius 3 is 2.27 bits per heavy atom. The minimum absolute atomic E-state index is 0.326. The quantitative estimate of drug-likeness (QED) is 0.501. The number of hydrogen-bond donors (Lipinski definition) is 0. The van der Waals surface area contributed by atoms with E-state index in [2.05, 4.69) is 18.8 Å². The molecule has 1 aromatic rings. The Labute approximate surface area is 182 Å². The topological polar surface area (TPSA) is 80.6 Å². The molecule has 1 heterocycles. The number of fused-ring (bicyclic) bond motifs is 5. The SMILES string of the molecule is C[C@@H]1CC[C@@H]2[C@@H]1CC[C@H]1[C@H]2CC[C@@H]2C[C@H](OS(=O)(=O)[O-])CC[C@@]21C.c1cc[nH+]cc1.